The zero-order chi connectivity index (χ0) is 8.39. The third-order valence-corrected chi connectivity index (χ3v) is 2.66. The second-order valence-electron chi connectivity index (χ2n) is 3.39. The molecule has 2 heteroatoms. The van der Waals surface area contributed by atoms with Gasteiger partial charge in [-0.15, -0.1) is 0 Å². The normalized spacial score (nSPS) is 20.9. The van der Waals surface area contributed by atoms with E-state index in [1.54, 1.807) is 0 Å². The number of nitrogens with two attached hydrogens (primary N) is 1. The van der Waals surface area contributed by atoms with Crippen LogP contribution in [0.4, 0.5) is 0 Å². The van der Waals surface area contributed by atoms with Crippen molar-refractivity contribution >= 4 is 0 Å². The molecule has 64 valence electrons. The summed E-state index contributed by atoms with van der Waals surface area (Å²) in [6, 6.07) is 2.13. The van der Waals surface area contributed by atoms with Crippen LogP contribution >= 0.6 is 0 Å². The van der Waals surface area contributed by atoms with Gasteiger partial charge in [-0.25, -0.2) is 0 Å². The number of hydrogen-bond donors (Lipinski definition) is 1. The molecule has 2 N–H and O–H groups in total. The first-order valence-corrected chi connectivity index (χ1v) is 4.54. The minimum absolute atomic E-state index is 0.679. The first-order valence-electron chi connectivity index (χ1n) is 4.54. The van der Waals surface area contributed by atoms with E-state index in [0.717, 1.165) is 13.0 Å². The molecule has 0 radical (unpaired) electrons. The molecule has 1 atom stereocenters. The van der Waals surface area contributed by atoms with E-state index in [9.17, 15) is 0 Å². The molecule has 0 fully saturated rings. The largest absolute Gasteiger partial charge is 0.330 e. The van der Waals surface area contributed by atoms with Crippen molar-refractivity contribution in [1.82, 2.24) is 4.98 Å². The fourth-order valence-corrected chi connectivity index (χ4v) is 2.02. The molecule has 0 spiro atoms. The molecule has 0 saturated heterocycles. The lowest BCUT2D eigenvalue weighted by molar-refractivity contribution is 0.626. The molecular weight excluding hydrogens is 148 g/mol. The molecule has 0 bridgehead atoms. The molecular formula is C10H14N2. The molecule has 0 aliphatic heterocycles. The van der Waals surface area contributed by atoms with E-state index in [1.807, 2.05) is 12.4 Å². The Morgan fingerprint density at radius 3 is 3.33 bits per heavy atom. The van der Waals surface area contributed by atoms with Crippen molar-refractivity contribution in [3.8, 4) is 0 Å². The Labute approximate surface area is 72.8 Å². The van der Waals surface area contributed by atoms with Crippen molar-refractivity contribution in [3.05, 3.63) is 29.6 Å². The first kappa shape index (κ1) is 7.74. The number of pyridine rings is 1. The second-order valence-corrected chi connectivity index (χ2v) is 3.39. The summed E-state index contributed by atoms with van der Waals surface area (Å²) in [4.78, 5) is 4.15. The maximum atomic E-state index is 5.55. The number of aromatic nitrogens is 1. The fourth-order valence-electron chi connectivity index (χ4n) is 2.02. The Morgan fingerprint density at radius 2 is 2.50 bits per heavy atom. The second kappa shape index (κ2) is 3.23. The van der Waals surface area contributed by atoms with Crippen LogP contribution in [-0.2, 0) is 6.42 Å². The molecule has 2 rings (SSSR count). The Morgan fingerprint density at radius 1 is 1.58 bits per heavy atom. The van der Waals surface area contributed by atoms with Gasteiger partial charge in [0.25, 0.3) is 0 Å². The highest BCUT2D eigenvalue weighted by molar-refractivity contribution is 5.31. The number of fused-ring (bicyclic) bond motifs is 1. The Hall–Kier alpha value is -0.890. The van der Waals surface area contributed by atoms with Crippen molar-refractivity contribution in [2.45, 2.75) is 25.2 Å². The van der Waals surface area contributed by atoms with Crippen LogP contribution in [0.25, 0.3) is 0 Å². The van der Waals surface area contributed by atoms with E-state index >= 15 is 0 Å². The lowest BCUT2D eigenvalue weighted by Crippen LogP contribution is -2.04. The van der Waals surface area contributed by atoms with Gasteiger partial charge >= 0.3 is 0 Å². The van der Waals surface area contributed by atoms with E-state index in [0.29, 0.717) is 5.92 Å². The third-order valence-electron chi connectivity index (χ3n) is 2.66. The molecule has 1 aliphatic carbocycles. The van der Waals surface area contributed by atoms with Gasteiger partial charge in [0, 0.05) is 12.4 Å². The van der Waals surface area contributed by atoms with Crippen LogP contribution in [0.3, 0.4) is 0 Å². The summed E-state index contributed by atoms with van der Waals surface area (Å²) >= 11 is 0. The van der Waals surface area contributed by atoms with Gasteiger partial charge in [-0.3, -0.25) is 4.98 Å². The van der Waals surface area contributed by atoms with E-state index in [4.69, 9.17) is 5.73 Å². The summed E-state index contributed by atoms with van der Waals surface area (Å²) in [5.41, 5.74) is 8.45. The molecule has 0 aromatic carbocycles. The van der Waals surface area contributed by atoms with Crippen LogP contribution in [0.2, 0.25) is 0 Å². The minimum Gasteiger partial charge on any atom is -0.330 e. The monoisotopic (exact) mass is 162 g/mol. The predicted molar refractivity (Wildman–Crippen MR) is 49.0 cm³/mol. The van der Waals surface area contributed by atoms with E-state index in [-0.39, 0.29) is 0 Å². The van der Waals surface area contributed by atoms with Crippen LogP contribution in [0.15, 0.2) is 18.5 Å². The number of rotatable bonds is 2. The van der Waals surface area contributed by atoms with Gasteiger partial charge in [0.2, 0.25) is 0 Å². The predicted octanol–water partition coefficient (Wildman–Crippen LogP) is 1.46. The van der Waals surface area contributed by atoms with Gasteiger partial charge in [-0.1, -0.05) is 0 Å². The van der Waals surface area contributed by atoms with E-state index < -0.39 is 0 Å². The Bertz CT molecular complexity index is 268. The van der Waals surface area contributed by atoms with Crippen molar-refractivity contribution in [2.24, 2.45) is 5.73 Å². The average Bonchev–Trinajstić information content (AvgIpc) is 2.50. The summed E-state index contributed by atoms with van der Waals surface area (Å²) < 4.78 is 0. The lowest BCUT2D eigenvalue weighted by Gasteiger charge is -2.07. The van der Waals surface area contributed by atoms with Crippen LogP contribution in [0, 0.1) is 0 Å². The van der Waals surface area contributed by atoms with Crippen LogP contribution in [-0.4, -0.2) is 11.5 Å². The molecule has 1 aromatic heterocycles. The van der Waals surface area contributed by atoms with Gasteiger partial charge < -0.3 is 5.73 Å². The highest BCUT2D eigenvalue weighted by Gasteiger charge is 2.20. The van der Waals surface area contributed by atoms with Crippen LogP contribution in [0.5, 0.6) is 0 Å². The van der Waals surface area contributed by atoms with Gasteiger partial charge in [0.1, 0.15) is 0 Å². The molecule has 1 heterocycles. The highest BCUT2D eigenvalue weighted by atomic mass is 14.6. The third kappa shape index (κ3) is 1.23. The lowest BCUT2D eigenvalue weighted by atomic mass is 10.00. The maximum absolute atomic E-state index is 5.55. The first-order chi connectivity index (χ1) is 5.92. The summed E-state index contributed by atoms with van der Waals surface area (Å²) in [6.07, 6.45) is 7.46. The molecule has 1 aliphatic rings. The maximum Gasteiger partial charge on any atom is 0.0305 e. The summed E-state index contributed by atoms with van der Waals surface area (Å²) in [7, 11) is 0. The summed E-state index contributed by atoms with van der Waals surface area (Å²) in [5.74, 6) is 0.679. The van der Waals surface area contributed by atoms with Crippen molar-refractivity contribution in [3.63, 3.8) is 0 Å². The van der Waals surface area contributed by atoms with Gasteiger partial charge in [0.15, 0.2) is 0 Å². The number of nitrogens with zero attached hydrogens (tertiary/aromatic N) is 1. The Kier molecular flexibility index (Phi) is 2.09. The SMILES string of the molecule is NCCC1CCc2ccncc21. The van der Waals surface area contributed by atoms with E-state index in [1.165, 1.54) is 24.0 Å². The van der Waals surface area contributed by atoms with Gasteiger partial charge in [-0.05, 0) is 48.9 Å². The highest BCUT2D eigenvalue weighted by Crippen LogP contribution is 2.33. The van der Waals surface area contributed by atoms with Gasteiger partial charge in [-0.2, -0.15) is 0 Å². The smallest absolute Gasteiger partial charge is 0.0305 e. The average molecular weight is 162 g/mol. The van der Waals surface area contributed by atoms with Crippen molar-refractivity contribution in [2.75, 3.05) is 6.54 Å². The molecule has 2 nitrogen and oxygen atoms in total. The zero-order valence-electron chi connectivity index (χ0n) is 7.16. The quantitative estimate of drug-likeness (QED) is 0.715. The molecule has 0 saturated carbocycles. The van der Waals surface area contributed by atoms with Crippen LogP contribution < -0.4 is 5.73 Å². The minimum atomic E-state index is 0.679. The molecule has 1 aromatic rings. The topological polar surface area (TPSA) is 38.9 Å². The Balaban J connectivity index is 2.24. The van der Waals surface area contributed by atoms with Crippen LogP contribution in [0.1, 0.15) is 29.9 Å². The fraction of sp³-hybridized carbons (Fsp3) is 0.500. The van der Waals surface area contributed by atoms with Crippen molar-refractivity contribution in [1.29, 1.82) is 0 Å². The van der Waals surface area contributed by atoms with Gasteiger partial charge in [0.05, 0.1) is 0 Å². The number of hydrogen-bond acceptors (Lipinski definition) is 2. The number of aryl methyl sites for hydroxylation is 1. The van der Waals surface area contributed by atoms with Crippen molar-refractivity contribution < 1.29 is 0 Å². The summed E-state index contributed by atoms with van der Waals surface area (Å²) in [6.45, 7) is 0.791. The van der Waals surface area contributed by atoms with E-state index in [2.05, 4.69) is 11.1 Å². The molecule has 12 heavy (non-hydrogen) atoms. The molecule has 0 amide bonds. The summed E-state index contributed by atoms with van der Waals surface area (Å²) in [5, 5.41) is 0. The standard InChI is InChI=1S/C10H14N2/c11-5-3-8-1-2-9-4-6-12-7-10(8)9/h4,6-8H,1-3,5,11H2. The zero-order valence-corrected chi connectivity index (χ0v) is 7.16. The molecule has 1 unspecified atom stereocenters.